The maximum atomic E-state index is 12.2. The summed E-state index contributed by atoms with van der Waals surface area (Å²) in [5, 5.41) is 9.01. The minimum absolute atomic E-state index is 0.0932. The molecule has 0 saturated heterocycles. The Morgan fingerprint density at radius 3 is 2.08 bits per heavy atom. The van der Waals surface area contributed by atoms with Gasteiger partial charge in [-0.05, 0) is 44.4 Å². The van der Waals surface area contributed by atoms with E-state index in [-0.39, 0.29) is 23.7 Å². The van der Waals surface area contributed by atoms with Crippen LogP contribution in [0.2, 0.25) is 0 Å². The standard InChI is InChI=1S/C18H29NO6/c1-11(24-17(22)14-5-3-2-4-6-14)25-18(23)15(19)12-7-9-13(10-8-12)16(20)21/h11-15H,2-10,19H2,1H3,(H,20,21)/t11?,12-,13-,15?. The first-order valence-electron chi connectivity index (χ1n) is 9.28. The Kier molecular flexibility index (Phi) is 7.23. The first kappa shape index (κ1) is 19.7. The lowest BCUT2D eigenvalue weighted by molar-refractivity contribution is -0.189. The monoisotopic (exact) mass is 355 g/mol. The van der Waals surface area contributed by atoms with Crippen LogP contribution in [0.3, 0.4) is 0 Å². The molecule has 7 nitrogen and oxygen atoms in total. The molecule has 0 aromatic carbocycles. The smallest absolute Gasteiger partial charge is 0.326 e. The Balaban J connectivity index is 1.74. The van der Waals surface area contributed by atoms with Gasteiger partial charge >= 0.3 is 17.9 Å². The van der Waals surface area contributed by atoms with E-state index in [0.717, 1.165) is 32.1 Å². The zero-order chi connectivity index (χ0) is 18.4. The summed E-state index contributed by atoms with van der Waals surface area (Å²) in [6.45, 7) is 1.52. The van der Waals surface area contributed by atoms with Crippen LogP contribution in [0.4, 0.5) is 0 Å². The Bertz CT molecular complexity index is 480. The predicted octanol–water partition coefficient (Wildman–Crippen LogP) is 2.22. The van der Waals surface area contributed by atoms with Crippen molar-refractivity contribution in [1.82, 2.24) is 0 Å². The van der Waals surface area contributed by atoms with E-state index in [2.05, 4.69) is 0 Å². The molecule has 2 aliphatic carbocycles. The lowest BCUT2D eigenvalue weighted by atomic mass is 9.79. The molecule has 0 heterocycles. The fourth-order valence-electron chi connectivity index (χ4n) is 3.78. The lowest BCUT2D eigenvalue weighted by Crippen LogP contribution is -2.43. The van der Waals surface area contributed by atoms with E-state index < -0.39 is 24.3 Å². The van der Waals surface area contributed by atoms with E-state index in [1.54, 1.807) is 0 Å². The first-order valence-corrected chi connectivity index (χ1v) is 9.28. The van der Waals surface area contributed by atoms with Gasteiger partial charge in [0.2, 0.25) is 6.29 Å². The van der Waals surface area contributed by atoms with Crippen molar-refractivity contribution in [3.8, 4) is 0 Å². The molecular weight excluding hydrogens is 326 g/mol. The highest BCUT2D eigenvalue weighted by Gasteiger charge is 2.34. The van der Waals surface area contributed by atoms with Gasteiger partial charge in [0, 0.05) is 6.92 Å². The van der Waals surface area contributed by atoms with Gasteiger partial charge in [0.15, 0.2) is 0 Å². The molecule has 0 spiro atoms. The second-order valence-electron chi connectivity index (χ2n) is 7.25. The third kappa shape index (κ3) is 5.70. The lowest BCUT2D eigenvalue weighted by Gasteiger charge is -2.30. The van der Waals surface area contributed by atoms with Gasteiger partial charge in [0.25, 0.3) is 0 Å². The summed E-state index contributed by atoms with van der Waals surface area (Å²) in [6.07, 6.45) is 6.11. The van der Waals surface area contributed by atoms with Crippen LogP contribution >= 0.6 is 0 Å². The summed E-state index contributed by atoms with van der Waals surface area (Å²) in [4.78, 5) is 35.2. The Hall–Kier alpha value is -1.63. The van der Waals surface area contributed by atoms with Crippen LogP contribution in [0.5, 0.6) is 0 Å². The zero-order valence-corrected chi connectivity index (χ0v) is 14.8. The molecule has 0 aliphatic heterocycles. The van der Waals surface area contributed by atoms with E-state index in [1.165, 1.54) is 6.92 Å². The number of carbonyl (C=O) groups excluding carboxylic acids is 2. The van der Waals surface area contributed by atoms with Crippen LogP contribution in [0.25, 0.3) is 0 Å². The fraction of sp³-hybridized carbons (Fsp3) is 0.833. The Morgan fingerprint density at radius 1 is 0.920 bits per heavy atom. The van der Waals surface area contributed by atoms with Gasteiger partial charge in [-0.3, -0.25) is 14.4 Å². The molecular formula is C18H29NO6. The number of carboxylic acid groups (broad SMARTS) is 1. The van der Waals surface area contributed by atoms with Gasteiger partial charge in [-0.25, -0.2) is 0 Å². The highest BCUT2D eigenvalue weighted by molar-refractivity contribution is 5.77. The summed E-state index contributed by atoms with van der Waals surface area (Å²) < 4.78 is 10.4. The van der Waals surface area contributed by atoms with E-state index in [4.69, 9.17) is 20.3 Å². The second-order valence-corrected chi connectivity index (χ2v) is 7.25. The number of hydrogen-bond acceptors (Lipinski definition) is 6. The summed E-state index contributed by atoms with van der Waals surface area (Å²) >= 11 is 0. The average molecular weight is 355 g/mol. The molecule has 2 saturated carbocycles. The van der Waals surface area contributed by atoms with Crippen molar-refractivity contribution in [2.24, 2.45) is 23.5 Å². The van der Waals surface area contributed by atoms with Crippen LogP contribution in [-0.4, -0.2) is 35.3 Å². The number of hydrogen-bond donors (Lipinski definition) is 2. The third-order valence-electron chi connectivity index (χ3n) is 5.40. The number of esters is 2. The van der Waals surface area contributed by atoms with E-state index in [9.17, 15) is 14.4 Å². The van der Waals surface area contributed by atoms with Crippen LogP contribution in [0.15, 0.2) is 0 Å². The van der Waals surface area contributed by atoms with Gasteiger partial charge in [-0.2, -0.15) is 0 Å². The maximum absolute atomic E-state index is 12.2. The summed E-state index contributed by atoms with van der Waals surface area (Å²) in [5.74, 6) is -2.25. The third-order valence-corrected chi connectivity index (χ3v) is 5.40. The molecule has 0 amide bonds. The first-order chi connectivity index (χ1) is 11.9. The van der Waals surface area contributed by atoms with Gasteiger partial charge < -0.3 is 20.3 Å². The van der Waals surface area contributed by atoms with Crippen molar-refractivity contribution < 1.29 is 29.0 Å². The quantitative estimate of drug-likeness (QED) is 0.554. The van der Waals surface area contributed by atoms with Gasteiger partial charge in [0.1, 0.15) is 6.04 Å². The second kappa shape index (κ2) is 9.17. The van der Waals surface area contributed by atoms with E-state index in [1.807, 2.05) is 0 Å². The van der Waals surface area contributed by atoms with Gasteiger partial charge in [-0.1, -0.05) is 19.3 Å². The number of carboxylic acids is 1. The number of carbonyl (C=O) groups is 3. The highest BCUT2D eigenvalue weighted by Crippen LogP contribution is 2.31. The molecule has 0 aromatic heterocycles. The Morgan fingerprint density at radius 2 is 1.52 bits per heavy atom. The normalized spacial score (nSPS) is 27.1. The Labute approximate surface area is 148 Å². The molecule has 2 aliphatic rings. The highest BCUT2D eigenvalue weighted by atomic mass is 16.7. The number of ether oxygens (including phenoxy) is 2. The molecule has 2 rings (SSSR count). The molecule has 3 N–H and O–H groups in total. The van der Waals surface area contributed by atoms with Gasteiger partial charge in [-0.15, -0.1) is 0 Å². The minimum atomic E-state index is -0.955. The van der Waals surface area contributed by atoms with Crippen LogP contribution in [0, 0.1) is 17.8 Å². The van der Waals surface area contributed by atoms with Crippen LogP contribution in [-0.2, 0) is 23.9 Å². The summed E-state index contributed by atoms with van der Waals surface area (Å²) in [6, 6.07) is -0.814. The topological polar surface area (TPSA) is 116 Å². The molecule has 0 bridgehead atoms. The van der Waals surface area contributed by atoms with Crippen molar-refractivity contribution in [1.29, 1.82) is 0 Å². The van der Waals surface area contributed by atoms with Crippen LogP contribution in [0.1, 0.15) is 64.7 Å². The molecule has 2 atom stereocenters. The van der Waals surface area contributed by atoms with E-state index >= 15 is 0 Å². The minimum Gasteiger partial charge on any atom is -0.481 e. The van der Waals surface area contributed by atoms with Crippen molar-refractivity contribution in [2.45, 2.75) is 77.0 Å². The van der Waals surface area contributed by atoms with Crippen molar-refractivity contribution in [3.05, 3.63) is 0 Å². The molecule has 2 unspecified atom stereocenters. The SMILES string of the molecule is CC(OC(=O)C1CCCCC1)OC(=O)C(N)[C@H]1CC[C@H](C(=O)O)CC1. The van der Waals surface area contributed by atoms with Crippen LogP contribution < -0.4 is 5.73 Å². The molecule has 25 heavy (non-hydrogen) atoms. The number of rotatable bonds is 6. The largest absolute Gasteiger partial charge is 0.481 e. The molecule has 2 fully saturated rings. The summed E-state index contributed by atoms with van der Waals surface area (Å²) in [7, 11) is 0. The molecule has 7 heteroatoms. The number of aliphatic carboxylic acids is 1. The maximum Gasteiger partial charge on any atom is 0.326 e. The zero-order valence-electron chi connectivity index (χ0n) is 14.8. The predicted molar refractivity (Wildman–Crippen MR) is 89.3 cm³/mol. The van der Waals surface area contributed by atoms with Crippen molar-refractivity contribution in [2.75, 3.05) is 0 Å². The molecule has 0 aromatic rings. The van der Waals surface area contributed by atoms with Gasteiger partial charge in [0.05, 0.1) is 11.8 Å². The number of nitrogens with two attached hydrogens (primary N) is 1. The van der Waals surface area contributed by atoms with E-state index in [0.29, 0.717) is 25.7 Å². The molecule has 0 radical (unpaired) electrons. The summed E-state index contributed by atoms with van der Waals surface area (Å²) in [5.41, 5.74) is 5.97. The molecule has 142 valence electrons. The van der Waals surface area contributed by atoms with Crippen molar-refractivity contribution >= 4 is 17.9 Å². The average Bonchev–Trinajstić information content (AvgIpc) is 2.61. The van der Waals surface area contributed by atoms with Crippen molar-refractivity contribution in [3.63, 3.8) is 0 Å². The fourth-order valence-corrected chi connectivity index (χ4v) is 3.78.